The molecule has 0 saturated carbocycles. The number of quaternary nitrogens is 2. The Bertz CT molecular complexity index is 202. The molecule has 2 atom stereocenters. The summed E-state index contributed by atoms with van der Waals surface area (Å²) in [7, 11) is 0. The van der Waals surface area contributed by atoms with Crippen molar-refractivity contribution >= 4 is 0 Å². The molecule has 0 radical (unpaired) electrons. The van der Waals surface area contributed by atoms with E-state index >= 15 is 0 Å². The predicted octanol–water partition coefficient (Wildman–Crippen LogP) is -1.66. The van der Waals surface area contributed by atoms with Crippen molar-refractivity contribution in [2.45, 2.75) is 38.6 Å². The lowest BCUT2D eigenvalue weighted by Gasteiger charge is -2.38. The Morgan fingerprint density at radius 3 is 2.50 bits per heavy atom. The van der Waals surface area contributed by atoms with E-state index in [1.807, 2.05) is 0 Å². The van der Waals surface area contributed by atoms with E-state index in [0.29, 0.717) is 12.5 Å². The van der Waals surface area contributed by atoms with Gasteiger partial charge in [-0.1, -0.05) is 0 Å². The first-order valence-electron chi connectivity index (χ1n) is 7.12. The van der Waals surface area contributed by atoms with Gasteiger partial charge in [0.25, 0.3) is 0 Å². The second kappa shape index (κ2) is 5.99. The van der Waals surface area contributed by atoms with E-state index in [2.05, 4.69) is 6.92 Å². The largest absolute Gasteiger partial charge is 0.396 e. The first-order chi connectivity index (χ1) is 7.83. The molecule has 0 aromatic heterocycles. The number of piperidine rings is 2. The third-order valence-corrected chi connectivity index (χ3v) is 4.69. The van der Waals surface area contributed by atoms with Crippen molar-refractivity contribution in [3.8, 4) is 0 Å². The van der Waals surface area contributed by atoms with Gasteiger partial charge in [-0.15, -0.1) is 0 Å². The number of hydrogen-bond acceptors (Lipinski definition) is 1. The Morgan fingerprint density at radius 1 is 1.12 bits per heavy atom. The Hall–Kier alpha value is -0.120. The quantitative estimate of drug-likeness (QED) is 0.530. The number of aliphatic hydroxyl groups is 1. The molecule has 2 rings (SSSR count). The summed E-state index contributed by atoms with van der Waals surface area (Å²) >= 11 is 0. The Balaban J connectivity index is 1.79. The molecule has 3 heteroatoms. The maximum absolute atomic E-state index is 9.27. The summed E-state index contributed by atoms with van der Waals surface area (Å²) in [5.74, 6) is 0.584. The predicted molar refractivity (Wildman–Crippen MR) is 64.8 cm³/mol. The Labute approximate surface area is 99.4 Å². The summed E-state index contributed by atoms with van der Waals surface area (Å²) < 4.78 is 0. The van der Waals surface area contributed by atoms with E-state index in [1.54, 1.807) is 9.80 Å². The van der Waals surface area contributed by atoms with Crippen LogP contribution in [0.4, 0.5) is 0 Å². The van der Waals surface area contributed by atoms with E-state index in [4.69, 9.17) is 0 Å². The molecule has 3 nitrogen and oxygen atoms in total. The lowest BCUT2D eigenvalue weighted by Crippen LogP contribution is -3.21. The van der Waals surface area contributed by atoms with Gasteiger partial charge in [0, 0.05) is 18.8 Å². The van der Waals surface area contributed by atoms with Gasteiger partial charge in [0.2, 0.25) is 0 Å². The van der Waals surface area contributed by atoms with Crippen LogP contribution >= 0.6 is 0 Å². The summed E-state index contributed by atoms with van der Waals surface area (Å²) in [6, 6.07) is 0.893. The number of nitrogens with one attached hydrogen (secondary N) is 2. The van der Waals surface area contributed by atoms with Gasteiger partial charge in [0.05, 0.1) is 45.4 Å². The van der Waals surface area contributed by atoms with Gasteiger partial charge in [-0.25, -0.2) is 0 Å². The molecule has 16 heavy (non-hydrogen) atoms. The maximum atomic E-state index is 9.27. The molecule has 0 spiro atoms. The third-order valence-electron chi connectivity index (χ3n) is 4.69. The van der Waals surface area contributed by atoms with Crippen LogP contribution in [0.3, 0.4) is 0 Å². The van der Waals surface area contributed by atoms with E-state index in [-0.39, 0.29) is 0 Å². The van der Waals surface area contributed by atoms with Gasteiger partial charge in [-0.3, -0.25) is 0 Å². The summed E-state index contributed by atoms with van der Waals surface area (Å²) in [4.78, 5) is 3.58. The van der Waals surface area contributed by atoms with Gasteiger partial charge in [-0.2, -0.15) is 0 Å². The average molecular weight is 228 g/mol. The maximum Gasteiger partial charge on any atom is 0.0983 e. The minimum Gasteiger partial charge on any atom is -0.396 e. The van der Waals surface area contributed by atoms with Gasteiger partial charge in [-0.05, 0) is 19.8 Å². The zero-order valence-corrected chi connectivity index (χ0v) is 10.7. The highest BCUT2D eigenvalue weighted by atomic mass is 16.3. The molecule has 1 unspecified atom stereocenters. The number of rotatable bonds is 3. The van der Waals surface area contributed by atoms with Crippen LogP contribution in [-0.2, 0) is 0 Å². The molecule has 0 amide bonds. The molecule has 0 aromatic carbocycles. The van der Waals surface area contributed by atoms with E-state index in [1.165, 1.54) is 58.4 Å². The molecule has 3 N–H and O–H groups in total. The molecular formula is C13H28N2O+2. The van der Waals surface area contributed by atoms with Crippen LogP contribution in [0.25, 0.3) is 0 Å². The zero-order valence-electron chi connectivity index (χ0n) is 10.7. The molecular weight excluding hydrogens is 200 g/mol. The van der Waals surface area contributed by atoms with Crippen LogP contribution in [-0.4, -0.2) is 50.5 Å². The van der Waals surface area contributed by atoms with Crippen molar-refractivity contribution in [1.29, 1.82) is 0 Å². The monoisotopic (exact) mass is 228 g/mol. The SMILES string of the molecule is CC[NH+]1CCC([NH+]2CCC[C@@H](CO)C2)CC1. The summed E-state index contributed by atoms with van der Waals surface area (Å²) in [5.41, 5.74) is 0. The summed E-state index contributed by atoms with van der Waals surface area (Å²) in [5, 5.41) is 9.27. The van der Waals surface area contributed by atoms with Gasteiger partial charge < -0.3 is 14.9 Å². The van der Waals surface area contributed by atoms with Gasteiger partial charge in [0.15, 0.2) is 0 Å². The fraction of sp³-hybridized carbons (Fsp3) is 1.00. The van der Waals surface area contributed by atoms with Crippen molar-refractivity contribution < 1.29 is 14.9 Å². The normalized spacial score (nSPS) is 40.9. The highest BCUT2D eigenvalue weighted by Crippen LogP contribution is 2.08. The van der Waals surface area contributed by atoms with Crippen molar-refractivity contribution in [1.82, 2.24) is 0 Å². The first kappa shape index (κ1) is 12.3. The smallest absolute Gasteiger partial charge is 0.0983 e. The van der Waals surface area contributed by atoms with E-state index < -0.39 is 0 Å². The van der Waals surface area contributed by atoms with Crippen LogP contribution in [0.5, 0.6) is 0 Å². The minimum atomic E-state index is 0.405. The van der Waals surface area contributed by atoms with Crippen LogP contribution in [0.1, 0.15) is 32.6 Å². The topological polar surface area (TPSA) is 29.1 Å². The molecule has 2 fully saturated rings. The molecule has 0 aliphatic carbocycles. The molecule has 2 heterocycles. The number of likely N-dealkylation sites (tertiary alicyclic amines) is 2. The highest BCUT2D eigenvalue weighted by Gasteiger charge is 2.32. The fourth-order valence-corrected chi connectivity index (χ4v) is 3.51. The van der Waals surface area contributed by atoms with Gasteiger partial charge in [0.1, 0.15) is 0 Å². The Morgan fingerprint density at radius 2 is 1.88 bits per heavy atom. The fourth-order valence-electron chi connectivity index (χ4n) is 3.51. The molecule has 0 aromatic rings. The van der Waals surface area contributed by atoms with E-state index in [9.17, 15) is 5.11 Å². The molecule has 2 aliphatic rings. The van der Waals surface area contributed by atoms with Crippen molar-refractivity contribution in [3.05, 3.63) is 0 Å². The van der Waals surface area contributed by atoms with Crippen molar-refractivity contribution in [3.63, 3.8) is 0 Å². The first-order valence-corrected chi connectivity index (χ1v) is 7.12. The third kappa shape index (κ3) is 2.96. The summed E-state index contributed by atoms with van der Waals surface area (Å²) in [6.45, 7) is 9.31. The summed E-state index contributed by atoms with van der Waals surface area (Å²) in [6.07, 6.45) is 5.37. The van der Waals surface area contributed by atoms with Crippen LogP contribution in [0.2, 0.25) is 0 Å². The molecule has 2 saturated heterocycles. The van der Waals surface area contributed by atoms with Crippen molar-refractivity contribution in [2.75, 3.05) is 39.3 Å². The van der Waals surface area contributed by atoms with Crippen LogP contribution < -0.4 is 9.80 Å². The lowest BCUT2D eigenvalue weighted by molar-refractivity contribution is -0.962. The number of aliphatic hydroxyl groups excluding tert-OH is 1. The number of hydrogen-bond donors (Lipinski definition) is 3. The molecule has 94 valence electrons. The highest BCUT2D eigenvalue weighted by molar-refractivity contribution is 4.65. The zero-order chi connectivity index (χ0) is 11.4. The average Bonchev–Trinajstić information content (AvgIpc) is 2.39. The molecule has 0 bridgehead atoms. The second-order valence-corrected chi connectivity index (χ2v) is 5.68. The van der Waals surface area contributed by atoms with E-state index in [0.717, 1.165) is 6.04 Å². The van der Waals surface area contributed by atoms with Crippen LogP contribution in [0, 0.1) is 5.92 Å². The van der Waals surface area contributed by atoms with Gasteiger partial charge >= 0.3 is 0 Å². The Kier molecular flexibility index (Phi) is 4.62. The lowest BCUT2D eigenvalue weighted by atomic mass is 9.94. The molecule has 2 aliphatic heterocycles. The van der Waals surface area contributed by atoms with Crippen LogP contribution in [0.15, 0.2) is 0 Å². The minimum absolute atomic E-state index is 0.405. The van der Waals surface area contributed by atoms with Crippen molar-refractivity contribution in [2.24, 2.45) is 5.92 Å². The standard InChI is InChI=1S/C13H26N2O/c1-2-14-8-5-13(6-9-14)15-7-3-4-12(10-15)11-16/h12-13,16H,2-11H2,1H3/p+2/t12-/m1/s1. The second-order valence-electron chi connectivity index (χ2n) is 5.68.